The normalized spacial score (nSPS) is 40.5. The number of methoxy groups -OCH3 is 1. The molecule has 3 heterocycles. The Morgan fingerprint density at radius 1 is 1.06 bits per heavy atom. The van der Waals surface area contributed by atoms with Crippen LogP contribution in [0.1, 0.15) is 43.2 Å². The summed E-state index contributed by atoms with van der Waals surface area (Å²) in [4.78, 5) is 5.55. The maximum atomic E-state index is 7.42. The van der Waals surface area contributed by atoms with Crippen molar-refractivity contribution >= 4 is 5.69 Å². The summed E-state index contributed by atoms with van der Waals surface area (Å²) in [5.41, 5.74) is 4.59. The van der Waals surface area contributed by atoms with Crippen LogP contribution in [0.5, 0.6) is 5.75 Å². The summed E-state index contributed by atoms with van der Waals surface area (Å²) in [6.07, 6.45) is 8.00. The first-order valence-electron chi connectivity index (χ1n) is 13.1. The fraction of sp³-hybridized carbons (Fsp3) is 0.586. The van der Waals surface area contributed by atoms with Gasteiger partial charge in [-0.05, 0) is 86.4 Å². The quantitative estimate of drug-likeness (QED) is 0.700. The van der Waals surface area contributed by atoms with E-state index in [9.17, 15) is 0 Å². The molecule has 3 aliphatic carbocycles. The van der Waals surface area contributed by atoms with E-state index in [2.05, 4.69) is 58.3 Å². The molecule has 5 fully saturated rings. The average Bonchev–Trinajstić information content (AvgIpc) is 3.54. The van der Waals surface area contributed by atoms with Crippen molar-refractivity contribution in [2.45, 2.75) is 67.7 Å². The lowest BCUT2D eigenvalue weighted by molar-refractivity contribution is -0.162. The minimum Gasteiger partial charge on any atom is -0.497 e. The molecular formula is C29H34N2O2. The fourth-order valence-corrected chi connectivity index (χ4v) is 9.06. The molecule has 8 rings (SSSR count). The number of anilines is 1. The van der Waals surface area contributed by atoms with Crippen molar-refractivity contribution in [2.24, 2.45) is 11.8 Å². The van der Waals surface area contributed by atoms with Crippen molar-refractivity contribution in [3.63, 3.8) is 0 Å². The van der Waals surface area contributed by atoms with E-state index in [-0.39, 0.29) is 11.0 Å². The molecule has 2 aromatic rings. The molecule has 172 valence electrons. The van der Waals surface area contributed by atoms with E-state index in [1.54, 1.807) is 11.1 Å². The first-order chi connectivity index (χ1) is 16.2. The SMILES string of the molecule is COc1ccc2c(c1)C13CCN(CC4CC4)C(C2)C12CCC1C3[C@@H](CN1c1ccccc1)O2. The Morgan fingerprint density at radius 3 is 2.76 bits per heavy atom. The van der Waals surface area contributed by atoms with Crippen LogP contribution in [0.25, 0.3) is 0 Å². The molecule has 4 nitrogen and oxygen atoms in total. The van der Waals surface area contributed by atoms with E-state index < -0.39 is 0 Å². The van der Waals surface area contributed by atoms with Crippen LogP contribution in [0.15, 0.2) is 48.5 Å². The fourth-order valence-electron chi connectivity index (χ4n) is 9.06. The smallest absolute Gasteiger partial charge is 0.119 e. The first kappa shape index (κ1) is 19.3. The third-order valence-electron chi connectivity index (χ3n) is 10.4. The van der Waals surface area contributed by atoms with Crippen LogP contribution >= 0.6 is 0 Å². The van der Waals surface area contributed by atoms with Crippen LogP contribution in [0, 0.1) is 11.8 Å². The first-order valence-corrected chi connectivity index (χ1v) is 13.1. The van der Waals surface area contributed by atoms with Gasteiger partial charge < -0.3 is 14.4 Å². The highest BCUT2D eigenvalue weighted by Crippen LogP contribution is 2.70. The largest absolute Gasteiger partial charge is 0.497 e. The second-order valence-electron chi connectivity index (χ2n) is 11.6. The summed E-state index contributed by atoms with van der Waals surface area (Å²) >= 11 is 0. The van der Waals surface area contributed by atoms with Crippen molar-refractivity contribution in [3.05, 3.63) is 59.7 Å². The van der Waals surface area contributed by atoms with E-state index in [4.69, 9.17) is 9.47 Å². The standard InChI is InChI=1S/C29H34N2O2/c1-32-22-10-9-20-15-26-29-12-11-24-27(25(33-29)18-31(24)21-5-3-2-4-6-21)28(29,23(20)16-22)13-14-30(26)17-19-7-8-19/h2-6,9-10,16,19,24-27H,7-8,11-15,17-18H2,1H3/t24?,25-,26?,27?,28?,29?/m1/s1. The molecule has 6 atom stereocenters. The van der Waals surface area contributed by atoms with E-state index in [0.717, 1.165) is 24.6 Å². The zero-order valence-corrected chi connectivity index (χ0v) is 19.6. The molecule has 0 N–H and O–H groups in total. The zero-order valence-electron chi connectivity index (χ0n) is 19.6. The zero-order chi connectivity index (χ0) is 21.8. The maximum absolute atomic E-state index is 7.42. The third kappa shape index (κ3) is 2.34. The molecule has 6 aliphatic rings. The number of benzene rings is 2. The topological polar surface area (TPSA) is 24.9 Å². The highest BCUT2D eigenvalue weighted by atomic mass is 16.5. The summed E-state index contributed by atoms with van der Waals surface area (Å²) in [5, 5.41) is 0. The Morgan fingerprint density at radius 2 is 1.94 bits per heavy atom. The van der Waals surface area contributed by atoms with Gasteiger partial charge in [-0.2, -0.15) is 0 Å². The lowest BCUT2D eigenvalue weighted by Crippen LogP contribution is -2.74. The molecule has 0 amide bonds. The Hall–Kier alpha value is -2.04. The number of ether oxygens (including phenoxy) is 2. The van der Waals surface area contributed by atoms with Gasteiger partial charge in [0.1, 0.15) is 5.75 Å². The highest BCUT2D eigenvalue weighted by Gasteiger charge is 2.77. The van der Waals surface area contributed by atoms with Crippen LogP contribution in [0.3, 0.4) is 0 Å². The minimum absolute atomic E-state index is 0.0197. The van der Waals surface area contributed by atoms with Gasteiger partial charge in [0.05, 0.1) is 18.8 Å². The number of hydrogen-bond donors (Lipinski definition) is 0. The van der Waals surface area contributed by atoms with Crippen molar-refractivity contribution in [1.29, 1.82) is 0 Å². The van der Waals surface area contributed by atoms with Crippen molar-refractivity contribution in [2.75, 3.05) is 31.6 Å². The van der Waals surface area contributed by atoms with Crippen molar-refractivity contribution < 1.29 is 9.47 Å². The Bertz CT molecular complexity index is 1100. The number of likely N-dealkylation sites (tertiary alicyclic amines) is 1. The predicted octanol–water partition coefficient (Wildman–Crippen LogP) is 4.41. The summed E-state index contributed by atoms with van der Waals surface area (Å²) in [6, 6.07) is 19.1. The molecule has 2 aromatic carbocycles. The summed E-state index contributed by atoms with van der Waals surface area (Å²) < 4.78 is 13.2. The molecule has 2 saturated carbocycles. The highest BCUT2D eigenvalue weighted by molar-refractivity contribution is 5.56. The van der Waals surface area contributed by atoms with Gasteiger partial charge in [-0.15, -0.1) is 0 Å². The molecule has 33 heavy (non-hydrogen) atoms. The number of para-hydroxylation sites is 1. The Balaban J connectivity index is 1.29. The molecule has 0 spiro atoms. The predicted molar refractivity (Wildman–Crippen MR) is 129 cm³/mol. The number of rotatable bonds is 4. The van der Waals surface area contributed by atoms with Gasteiger partial charge in [0.15, 0.2) is 0 Å². The van der Waals surface area contributed by atoms with Gasteiger partial charge >= 0.3 is 0 Å². The van der Waals surface area contributed by atoms with Gasteiger partial charge in [0.25, 0.3) is 0 Å². The molecule has 3 saturated heterocycles. The number of piperidine rings is 1. The van der Waals surface area contributed by atoms with E-state index >= 15 is 0 Å². The summed E-state index contributed by atoms with van der Waals surface area (Å²) in [7, 11) is 1.81. The number of hydrogen-bond acceptors (Lipinski definition) is 4. The Labute approximate surface area is 196 Å². The van der Waals surface area contributed by atoms with Crippen LogP contribution in [-0.2, 0) is 16.6 Å². The van der Waals surface area contributed by atoms with Gasteiger partial charge in [-0.3, -0.25) is 4.90 Å². The monoisotopic (exact) mass is 442 g/mol. The second kappa shape index (κ2) is 6.55. The maximum Gasteiger partial charge on any atom is 0.119 e. The molecule has 5 unspecified atom stereocenters. The molecule has 0 aromatic heterocycles. The van der Waals surface area contributed by atoms with E-state index in [0.29, 0.717) is 24.1 Å². The van der Waals surface area contributed by atoms with Gasteiger partial charge in [0.2, 0.25) is 0 Å². The van der Waals surface area contributed by atoms with E-state index in [1.165, 1.54) is 50.9 Å². The average molecular weight is 443 g/mol. The van der Waals surface area contributed by atoms with Crippen molar-refractivity contribution in [3.8, 4) is 5.75 Å². The lowest BCUT2D eigenvalue weighted by atomic mass is 9.46. The van der Waals surface area contributed by atoms with Crippen LogP contribution in [0.2, 0.25) is 0 Å². The van der Waals surface area contributed by atoms with Crippen LogP contribution in [0.4, 0.5) is 5.69 Å². The lowest BCUT2D eigenvalue weighted by Gasteiger charge is -2.65. The number of fused-ring (bicyclic) bond motifs is 1. The molecule has 4 bridgehead atoms. The molecule has 4 heteroatoms. The van der Waals surface area contributed by atoms with Gasteiger partial charge in [-0.25, -0.2) is 0 Å². The summed E-state index contributed by atoms with van der Waals surface area (Å²) in [6.45, 7) is 3.55. The molecule has 3 aliphatic heterocycles. The van der Waals surface area contributed by atoms with Crippen molar-refractivity contribution in [1.82, 2.24) is 4.90 Å². The molecular weight excluding hydrogens is 408 g/mol. The minimum atomic E-state index is -0.0197. The summed E-state index contributed by atoms with van der Waals surface area (Å²) in [5.74, 6) is 2.51. The Kier molecular flexibility index (Phi) is 3.83. The van der Waals surface area contributed by atoms with Crippen LogP contribution in [-0.4, -0.2) is 55.4 Å². The third-order valence-corrected chi connectivity index (χ3v) is 10.4. The number of nitrogens with zero attached hydrogens (tertiary/aromatic N) is 2. The second-order valence-corrected chi connectivity index (χ2v) is 11.6. The van der Waals surface area contributed by atoms with Crippen LogP contribution < -0.4 is 9.64 Å². The molecule has 0 radical (unpaired) electrons. The van der Waals surface area contributed by atoms with Gasteiger partial charge in [-0.1, -0.05) is 24.3 Å². The van der Waals surface area contributed by atoms with Gasteiger partial charge in [0, 0.05) is 42.2 Å². The van der Waals surface area contributed by atoms with E-state index in [1.807, 2.05) is 7.11 Å².